The number of benzene rings is 2. The Labute approximate surface area is 137 Å². The smallest absolute Gasteiger partial charge is 0.399 e. The quantitative estimate of drug-likeness (QED) is 0.808. The van der Waals surface area contributed by atoms with Gasteiger partial charge in [0.25, 0.3) is 0 Å². The van der Waals surface area contributed by atoms with E-state index in [1.54, 1.807) is 23.1 Å². The Hall–Kier alpha value is -1.92. The molecule has 0 spiro atoms. The monoisotopic (exact) mass is 344 g/mol. The summed E-state index contributed by atoms with van der Waals surface area (Å²) in [5.41, 5.74) is 6.81. The first-order valence-corrected chi connectivity index (χ1v) is 7.26. The molecule has 0 radical (unpaired) electrons. The van der Waals surface area contributed by atoms with Crippen LogP contribution in [0.2, 0.25) is 5.02 Å². The third kappa shape index (κ3) is 4.53. The third-order valence-electron chi connectivity index (χ3n) is 3.34. The lowest BCUT2D eigenvalue weighted by Crippen LogP contribution is -2.26. The predicted octanol–water partition coefficient (Wildman–Crippen LogP) is 3.94. The highest BCUT2D eigenvalue weighted by Crippen LogP contribution is 2.31. The zero-order chi connectivity index (χ0) is 17.0. The molecule has 0 aliphatic carbocycles. The molecule has 0 amide bonds. The van der Waals surface area contributed by atoms with E-state index in [1.807, 2.05) is 0 Å². The van der Waals surface area contributed by atoms with Gasteiger partial charge >= 0.3 is 6.18 Å². The number of nitrogens with two attached hydrogens (primary N) is 1. The Morgan fingerprint density at radius 1 is 1.09 bits per heavy atom. The number of anilines is 2. The van der Waals surface area contributed by atoms with Gasteiger partial charge in [0, 0.05) is 18.8 Å². The van der Waals surface area contributed by atoms with Crippen LogP contribution in [0.25, 0.3) is 0 Å². The molecule has 0 fully saturated rings. The van der Waals surface area contributed by atoms with Gasteiger partial charge in [-0.25, -0.2) is 0 Å². The standard InChI is InChI=1S/C16H16ClF3N2O/c17-14-9-13(21)5-6-15(14)22(7-8-23)10-11-1-3-12(4-2-11)16(18,19)20/h1-6,9,23H,7-8,10,21H2. The summed E-state index contributed by atoms with van der Waals surface area (Å²) < 4.78 is 37.8. The molecule has 0 unspecified atom stereocenters. The fraction of sp³-hybridized carbons (Fsp3) is 0.250. The van der Waals surface area contributed by atoms with Crippen molar-refractivity contribution in [2.24, 2.45) is 0 Å². The van der Waals surface area contributed by atoms with E-state index in [9.17, 15) is 18.3 Å². The third-order valence-corrected chi connectivity index (χ3v) is 3.64. The molecule has 0 bridgehead atoms. The fourth-order valence-corrected chi connectivity index (χ4v) is 2.51. The van der Waals surface area contributed by atoms with Crippen LogP contribution in [0.1, 0.15) is 11.1 Å². The highest BCUT2D eigenvalue weighted by atomic mass is 35.5. The van der Waals surface area contributed by atoms with Crippen molar-refractivity contribution in [2.75, 3.05) is 23.8 Å². The molecule has 2 rings (SSSR count). The molecule has 0 saturated heterocycles. The number of hydrogen-bond acceptors (Lipinski definition) is 3. The van der Waals surface area contributed by atoms with Crippen molar-refractivity contribution < 1.29 is 18.3 Å². The Morgan fingerprint density at radius 3 is 2.26 bits per heavy atom. The van der Waals surface area contributed by atoms with Gasteiger partial charge in [-0.15, -0.1) is 0 Å². The van der Waals surface area contributed by atoms with E-state index >= 15 is 0 Å². The lowest BCUT2D eigenvalue weighted by atomic mass is 10.1. The minimum atomic E-state index is -4.36. The van der Waals surface area contributed by atoms with Gasteiger partial charge < -0.3 is 15.7 Å². The minimum Gasteiger partial charge on any atom is -0.399 e. The predicted molar refractivity (Wildman–Crippen MR) is 85.4 cm³/mol. The van der Waals surface area contributed by atoms with Crippen LogP contribution in [0.4, 0.5) is 24.5 Å². The van der Waals surface area contributed by atoms with Crippen LogP contribution in [-0.4, -0.2) is 18.3 Å². The molecule has 3 nitrogen and oxygen atoms in total. The largest absolute Gasteiger partial charge is 0.416 e. The number of alkyl halides is 3. The number of hydrogen-bond donors (Lipinski definition) is 2. The second-order valence-electron chi connectivity index (χ2n) is 5.05. The molecular weight excluding hydrogens is 329 g/mol. The summed E-state index contributed by atoms with van der Waals surface area (Å²) in [5.74, 6) is 0. The van der Waals surface area contributed by atoms with E-state index in [0.717, 1.165) is 12.1 Å². The highest BCUT2D eigenvalue weighted by molar-refractivity contribution is 6.33. The maximum atomic E-state index is 12.6. The average Bonchev–Trinajstić information content (AvgIpc) is 2.46. The highest BCUT2D eigenvalue weighted by Gasteiger charge is 2.30. The van der Waals surface area contributed by atoms with E-state index in [1.165, 1.54) is 12.1 Å². The first kappa shape index (κ1) is 17.4. The molecule has 23 heavy (non-hydrogen) atoms. The summed E-state index contributed by atoms with van der Waals surface area (Å²) in [6, 6.07) is 9.90. The number of nitrogen functional groups attached to an aromatic ring is 1. The van der Waals surface area contributed by atoms with E-state index in [4.69, 9.17) is 17.3 Å². The SMILES string of the molecule is Nc1ccc(N(CCO)Cc2ccc(C(F)(F)F)cc2)c(Cl)c1. The van der Waals surface area contributed by atoms with Crippen molar-refractivity contribution in [3.05, 3.63) is 58.6 Å². The second-order valence-corrected chi connectivity index (χ2v) is 5.46. The minimum absolute atomic E-state index is 0.110. The fourth-order valence-electron chi connectivity index (χ4n) is 2.20. The van der Waals surface area contributed by atoms with Gasteiger partial charge in [0.2, 0.25) is 0 Å². The Bertz CT molecular complexity index is 659. The maximum Gasteiger partial charge on any atom is 0.416 e. The number of rotatable bonds is 5. The zero-order valence-electron chi connectivity index (χ0n) is 12.1. The zero-order valence-corrected chi connectivity index (χ0v) is 12.9. The summed E-state index contributed by atoms with van der Waals surface area (Å²) in [6.45, 7) is 0.508. The molecule has 2 aromatic rings. The summed E-state index contributed by atoms with van der Waals surface area (Å²) in [6.07, 6.45) is -4.36. The van der Waals surface area contributed by atoms with Crippen LogP contribution < -0.4 is 10.6 Å². The summed E-state index contributed by atoms with van der Waals surface area (Å²) in [4.78, 5) is 1.78. The van der Waals surface area contributed by atoms with E-state index < -0.39 is 11.7 Å². The number of halogens is 4. The molecule has 0 atom stereocenters. The molecule has 2 aromatic carbocycles. The molecule has 124 valence electrons. The number of aliphatic hydroxyl groups excluding tert-OH is 1. The van der Waals surface area contributed by atoms with E-state index in [2.05, 4.69) is 0 Å². The van der Waals surface area contributed by atoms with Crippen molar-refractivity contribution >= 4 is 23.0 Å². The van der Waals surface area contributed by atoms with Crippen LogP contribution in [-0.2, 0) is 12.7 Å². The van der Waals surface area contributed by atoms with Crippen LogP contribution in [0.3, 0.4) is 0 Å². The second kappa shape index (κ2) is 7.10. The van der Waals surface area contributed by atoms with Gasteiger partial charge in [0.15, 0.2) is 0 Å². The van der Waals surface area contributed by atoms with Gasteiger partial charge in [-0.2, -0.15) is 13.2 Å². The molecule has 0 aliphatic heterocycles. The summed E-state index contributed by atoms with van der Waals surface area (Å²) in [5, 5.41) is 9.64. The summed E-state index contributed by atoms with van der Waals surface area (Å²) in [7, 11) is 0. The van der Waals surface area contributed by atoms with Crippen molar-refractivity contribution in [2.45, 2.75) is 12.7 Å². The Morgan fingerprint density at radius 2 is 1.74 bits per heavy atom. The van der Waals surface area contributed by atoms with Crippen LogP contribution in [0.15, 0.2) is 42.5 Å². The normalized spacial score (nSPS) is 11.5. The Kier molecular flexibility index (Phi) is 5.38. The molecule has 0 heterocycles. The van der Waals surface area contributed by atoms with Crippen molar-refractivity contribution in [1.82, 2.24) is 0 Å². The molecule has 3 N–H and O–H groups in total. The average molecular weight is 345 g/mol. The summed E-state index contributed by atoms with van der Waals surface area (Å²) >= 11 is 6.16. The van der Waals surface area contributed by atoms with Gasteiger partial charge in [-0.05, 0) is 35.9 Å². The van der Waals surface area contributed by atoms with Gasteiger partial charge in [-0.1, -0.05) is 23.7 Å². The van der Waals surface area contributed by atoms with Crippen LogP contribution in [0.5, 0.6) is 0 Å². The molecule has 0 aliphatic rings. The molecule has 0 aromatic heterocycles. The van der Waals surface area contributed by atoms with Crippen molar-refractivity contribution in [1.29, 1.82) is 0 Å². The number of aliphatic hydroxyl groups is 1. The van der Waals surface area contributed by atoms with E-state index in [0.29, 0.717) is 35.1 Å². The van der Waals surface area contributed by atoms with Gasteiger partial charge in [-0.3, -0.25) is 0 Å². The van der Waals surface area contributed by atoms with Crippen molar-refractivity contribution in [3.8, 4) is 0 Å². The maximum absolute atomic E-state index is 12.6. The first-order valence-electron chi connectivity index (χ1n) is 6.88. The van der Waals surface area contributed by atoms with Crippen LogP contribution >= 0.6 is 11.6 Å². The molecular formula is C16H16ClF3N2O. The molecule has 0 saturated carbocycles. The van der Waals surface area contributed by atoms with Gasteiger partial charge in [0.1, 0.15) is 0 Å². The lowest BCUT2D eigenvalue weighted by Gasteiger charge is -2.25. The Balaban J connectivity index is 2.22. The number of nitrogens with zero attached hydrogens (tertiary/aromatic N) is 1. The molecule has 7 heteroatoms. The topological polar surface area (TPSA) is 49.5 Å². The first-order chi connectivity index (χ1) is 10.8. The van der Waals surface area contributed by atoms with Gasteiger partial charge in [0.05, 0.1) is 22.9 Å². The van der Waals surface area contributed by atoms with Crippen LogP contribution in [0, 0.1) is 0 Å². The van der Waals surface area contributed by atoms with Crippen molar-refractivity contribution in [3.63, 3.8) is 0 Å². The van der Waals surface area contributed by atoms with E-state index in [-0.39, 0.29) is 6.61 Å². The lowest BCUT2D eigenvalue weighted by molar-refractivity contribution is -0.137.